The van der Waals surface area contributed by atoms with Crippen LogP contribution < -0.4 is 9.80 Å². The molecule has 0 amide bonds. The Morgan fingerprint density at radius 1 is 0.529 bits per heavy atom. The lowest BCUT2D eigenvalue weighted by Gasteiger charge is -2.25. The lowest BCUT2D eigenvalue weighted by Crippen LogP contribution is -2.30. The van der Waals surface area contributed by atoms with Gasteiger partial charge in [0.1, 0.15) is 0 Å². The van der Waals surface area contributed by atoms with Crippen molar-refractivity contribution in [1.29, 1.82) is 0 Å². The van der Waals surface area contributed by atoms with Gasteiger partial charge < -0.3 is 9.80 Å². The Morgan fingerprint density at radius 2 is 0.882 bits per heavy atom. The van der Waals surface area contributed by atoms with Gasteiger partial charge in [0, 0.05) is 38.3 Å². The highest BCUT2D eigenvalue weighted by molar-refractivity contribution is 5.64. The highest BCUT2D eigenvalue weighted by Gasteiger charge is 2.08. The van der Waals surface area contributed by atoms with Crippen LogP contribution in [0.5, 0.6) is 0 Å². The third-order valence-corrected chi connectivity index (χ3v) is 6.18. The number of rotatable bonds is 7. The van der Waals surface area contributed by atoms with Crippen molar-refractivity contribution in [3.63, 3.8) is 0 Å². The fourth-order valence-electron chi connectivity index (χ4n) is 4.37. The molecular formula is C30H34N4. The summed E-state index contributed by atoms with van der Waals surface area (Å²) in [5, 5.41) is 0. The van der Waals surface area contributed by atoms with Gasteiger partial charge in [-0.25, -0.2) is 0 Å². The van der Waals surface area contributed by atoms with E-state index in [1.54, 1.807) is 0 Å². The van der Waals surface area contributed by atoms with Crippen molar-refractivity contribution in [3.05, 3.63) is 95.3 Å². The van der Waals surface area contributed by atoms with Crippen molar-refractivity contribution in [2.24, 2.45) is 0 Å². The van der Waals surface area contributed by atoms with Gasteiger partial charge >= 0.3 is 0 Å². The van der Waals surface area contributed by atoms with Gasteiger partial charge in [-0.1, -0.05) is 34.4 Å². The summed E-state index contributed by atoms with van der Waals surface area (Å²) in [5.74, 6) is 0. The molecule has 0 atom stereocenters. The number of hydrogen-bond acceptors (Lipinski definition) is 4. The number of pyridine rings is 2. The van der Waals surface area contributed by atoms with Crippen LogP contribution in [0.1, 0.15) is 22.3 Å². The molecule has 2 heterocycles. The van der Waals surface area contributed by atoms with Crippen molar-refractivity contribution in [2.75, 3.05) is 37.0 Å². The topological polar surface area (TPSA) is 32.3 Å². The first-order valence-electron chi connectivity index (χ1n) is 11.8. The highest BCUT2D eigenvalue weighted by atomic mass is 15.2. The van der Waals surface area contributed by atoms with Crippen molar-refractivity contribution >= 4 is 11.4 Å². The SMILES string of the molecule is Cc1cc(C)cc(-c2ccc(N(C)CCN(C)c3ccc(-c4cc(C)cc(C)c4)nc3)cn2)c1. The van der Waals surface area contributed by atoms with Crippen LogP contribution in [-0.4, -0.2) is 37.2 Å². The average molecular weight is 451 g/mol. The molecule has 2 aromatic carbocycles. The fraction of sp³-hybridized carbons (Fsp3) is 0.267. The van der Waals surface area contributed by atoms with Crippen LogP contribution in [0.3, 0.4) is 0 Å². The Kier molecular flexibility index (Phi) is 6.97. The smallest absolute Gasteiger partial charge is 0.0703 e. The summed E-state index contributed by atoms with van der Waals surface area (Å²) in [5.41, 5.74) is 11.6. The van der Waals surface area contributed by atoms with Gasteiger partial charge in [0.25, 0.3) is 0 Å². The molecule has 0 saturated heterocycles. The van der Waals surface area contributed by atoms with Gasteiger partial charge in [-0.05, 0) is 76.2 Å². The van der Waals surface area contributed by atoms with Crippen molar-refractivity contribution < 1.29 is 0 Å². The highest BCUT2D eigenvalue weighted by Crippen LogP contribution is 2.24. The van der Waals surface area contributed by atoms with Crippen molar-refractivity contribution in [3.8, 4) is 22.5 Å². The molecule has 4 rings (SSSR count). The number of aryl methyl sites for hydroxylation is 4. The standard InChI is InChI=1S/C30H34N4/c1-21-13-22(2)16-25(15-21)29-9-7-27(19-31-29)33(5)11-12-34(6)28-8-10-30(32-20-28)26-17-23(3)14-24(4)18-26/h7-10,13-20H,11-12H2,1-6H3. The van der Waals surface area contributed by atoms with Gasteiger partial charge in [-0.3, -0.25) is 9.97 Å². The molecule has 0 aliphatic heterocycles. The number of benzene rings is 2. The van der Waals surface area contributed by atoms with E-state index in [4.69, 9.17) is 9.97 Å². The molecule has 4 aromatic rings. The molecule has 0 saturated carbocycles. The minimum Gasteiger partial charge on any atom is -0.372 e. The first kappa shape index (κ1) is 23.5. The summed E-state index contributed by atoms with van der Waals surface area (Å²) >= 11 is 0. The van der Waals surface area contributed by atoms with Crippen LogP contribution in [0, 0.1) is 27.7 Å². The summed E-state index contributed by atoms with van der Waals surface area (Å²) in [6.07, 6.45) is 3.93. The third kappa shape index (κ3) is 5.63. The number of aromatic nitrogens is 2. The average Bonchev–Trinajstić information content (AvgIpc) is 2.81. The summed E-state index contributed by atoms with van der Waals surface area (Å²) in [6.45, 7) is 10.3. The van der Waals surface area contributed by atoms with Crippen LogP contribution in [0.2, 0.25) is 0 Å². The van der Waals surface area contributed by atoms with Crippen molar-refractivity contribution in [1.82, 2.24) is 9.97 Å². The summed E-state index contributed by atoms with van der Waals surface area (Å²) in [7, 11) is 4.23. The van der Waals surface area contributed by atoms with E-state index < -0.39 is 0 Å². The van der Waals surface area contributed by atoms with E-state index in [-0.39, 0.29) is 0 Å². The van der Waals surface area contributed by atoms with Gasteiger partial charge in [0.15, 0.2) is 0 Å². The minimum absolute atomic E-state index is 0.889. The van der Waals surface area contributed by atoms with E-state index in [2.05, 4.69) is 112 Å². The maximum Gasteiger partial charge on any atom is 0.0703 e. The molecule has 0 fully saturated rings. The number of likely N-dealkylation sites (N-methyl/N-ethyl adjacent to an activating group) is 2. The Labute approximate surface area is 203 Å². The Morgan fingerprint density at radius 3 is 1.18 bits per heavy atom. The third-order valence-electron chi connectivity index (χ3n) is 6.18. The molecule has 0 bridgehead atoms. The van der Waals surface area contributed by atoms with E-state index in [9.17, 15) is 0 Å². The van der Waals surface area contributed by atoms with E-state index >= 15 is 0 Å². The van der Waals surface area contributed by atoms with Crippen LogP contribution in [-0.2, 0) is 0 Å². The largest absolute Gasteiger partial charge is 0.372 e. The maximum absolute atomic E-state index is 4.72. The molecule has 4 nitrogen and oxygen atoms in total. The second kappa shape index (κ2) is 10.1. The first-order chi connectivity index (χ1) is 16.3. The van der Waals surface area contributed by atoms with Gasteiger partial charge in [-0.2, -0.15) is 0 Å². The van der Waals surface area contributed by atoms with E-state index in [1.807, 2.05) is 12.4 Å². The van der Waals surface area contributed by atoms with Crippen LogP contribution in [0.15, 0.2) is 73.1 Å². The Hall–Kier alpha value is -3.66. The van der Waals surface area contributed by atoms with Crippen LogP contribution >= 0.6 is 0 Å². The van der Waals surface area contributed by atoms with Crippen molar-refractivity contribution in [2.45, 2.75) is 27.7 Å². The zero-order valence-electron chi connectivity index (χ0n) is 21.1. The summed E-state index contributed by atoms with van der Waals surface area (Å²) < 4.78 is 0. The van der Waals surface area contributed by atoms with Gasteiger partial charge in [0.2, 0.25) is 0 Å². The molecule has 0 aliphatic carbocycles. The molecule has 2 aromatic heterocycles. The molecule has 174 valence electrons. The van der Waals surface area contributed by atoms with E-state index in [1.165, 1.54) is 33.4 Å². The molecular weight excluding hydrogens is 416 g/mol. The van der Waals surface area contributed by atoms with Gasteiger partial charge in [0.05, 0.1) is 35.2 Å². The monoisotopic (exact) mass is 450 g/mol. The maximum atomic E-state index is 4.72. The predicted molar refractivity (Wildman–Crippen MR) is 145 cm³/mol. The normalized spacial score (nSPS) is 10.9. The summed E-state index contributed by atoms with van der Waals surface area (Å²) in [4.78, 5) is 13.9. The zero-order chi connectivity index (χ0) is 24.2. The number of nitrogens with zero attached hydrogens (tertiary/aromatic N) is 4. The molecule has 0 unspecified atom stereocenters. The van der Waals surface area contributed by atoms with Crippen LogP contribution in [0.4, 0.5) is 11.4 Å². The number of hydrogen-bond donors (Lipinski definition) is 0. The van der Waals surface area contributed by atoms with Crippen LogP contribution in [0.25, 0.3) is 22.5 Å². The second-order valence-corrected chi connectivity index (χ2v) is 9.40. The van der Waals surface area contributed by atoms with E-state index in [0.29, 0.717) is 0 Å². The fourth-order valence-corrected chi connectivity index (χ4v) is 4.37. The molecule has 0 radical (unpaired) electrons. The van der Waals surface area contributed by atoms with E-state index in [0.717, 1.165) is 35.9 Å². The Bertz CT molecular complexity index is 1120. The quantitative estimate of drug-likeness (QED) is 0.317. The minimum atomic E-state index is 0.889. The summed E-state index contributed by atoms with van der Waals surface area (Å²) in [6, 6.07) is 21.7. The molecule has 4 heteroatoms. The van der Waals surface area contributed by atoms with Gasteiger partial charge in [-0.15, -0.1) is 0 Å². The Balaban J connectivity index is 1.37. The zero-order valence-corrected chi connectivity index (χ0v) is 21.1. The lowest BCUT2D eigenvalue weighted by atomic mass is 10.0. The number of anilines is 2. The first-order valence-corrected chi connectivity index (χ1v) is 11.8. The molecule has 0 aliphatic rings. The second-order valence-electron chi connectivity index (χ2n) is 9.40. The predicted octanol–water partition coefficient (Wildman–Crippen LogP) is 6.62. The molecule has 34 heavy (non-hydrogen) atoms. The molecule has 0 N–H and O–H groups in total. The molecule has 0 spiro atoms. The lowest BCUT2D eigenvalue weighted by molar-refractivity contribution is 0.829.